The van der Waals surface area contributed by atoms with Gasteiger partial charge in [-0.05, 0) is 49.1 Å². The average molecular weight is 478 g/mol. The SMILES string of the molecule is CC(=O)O[C@H]1[C@@H](OC2CCCC2(c2ccccc2)c2ccccc2)O[N+]([O-])=C[C@H]1C1CCCCC1. The summed E-state index contributed by atoms with van der Waals surface area (Å²) in [5, 5.41) is 12.7. The van der Waals surface area contributed by atoms with Crippen molar-refractivity contribution >= 4 is 12.2 Å². The molecule has 5 rings (SSSR count). The van der Waals surface area contributed by atoms with Crippen LogP contribution in [0.5, 0.6) is 0 Å². The van der Waals surface area contributed by atoms with Gasteiger partial charge in [0.2, 0.25) is 12.5 Å². The van der Waals surface area contributed by atoms with E-state index in [0.717, 1.165) is 44.9 Å². The molecule has 0 bridgehead atoms. The monoisotopic (exact) mass is 477 g/mol. The minimum absolute atomic E-state index is 0.222. The van der Waals surface area contributed by atoms with Gasteiger partial charge >= 0.3 is 5.97 Å². The van der Waals surface area contributed by atoms with Gasteiger partial charge in [0.15, 0.2) is 6.10 Å². The van der Waals surface area contributed by atoms with E-state index in [0.29, 0.717) is 4.90 Å². The van der Waals surface area contributed by atoms with Crippen molar-refractivity contribution in [1.82, 2.24) is 0 Å². The van der Waals surface area contributed by atoms with Gasteiger partial charge in [0.05, 0.1) is 12.0 Å². The van der Waals surface area contributed by atoms with Crippen molar-refractivity contribution in [3.63, 3.8) is 0 Å². The number of ether oxygens (including phenoxy) is 2. The van der Waals surface area contributed by atoms with E-state index in [2.05, 4.69) is 48.5 Å². The molecule has 0 amide bonds. The maximum Gasteiger partial charge on any atom is 0.303 e. The van der Waals surface area contributed by atoms with E-state index < -0.39 is 12.4 Å². The summed E-state index contributed by atoms with van der Waals surface area (Å²) >= 11 is 0. The lowest BCUT2D eigenvalue weighted by molar-refractivity contribution is -0.774. The van der Waals surface area contributed by atoms with Crippen molar-refractivity contribution in [2.45, 2.75) is 82.2 Å². The lowest BCUT2D eigenvalue weighted by Crippen LogP contribution is -2.53. The maximum atomic E-state index is 12.7. The molecule has 6 heteroatoms. The Morgan fingerprint density at radius 3 is 2.17 bits per heavy atom. The smallest absolute Gasteiger partial charge is 0.303 e. The van der Waals surface area contributed by atoms with Gasteiger partial charge in [-0.15, -0.1) is 0 Å². The largest absolute Gasteiger partial charge is 0.458 e. The molecule has 0 aromatic heterocycles. The zero-order chi connectivity index (χ0) is 24.3. The number of carbonyl (C=O) groups excluding carboxylic acids is 1. The highest BCUT2D eigenvalue weighted by Gasteiger charge is 2.50. The van der Waals surface area contributed by atoms with Crippen LogP contribution in [-0.4, -0.2) is 35.6 Å². The van der Waals surface area contributed by atoms with Crippen molar-refractivity contribution in [1.29, 1.82) is 0 Å². The molecule has 35 heavy (non-hydrogen) atoms. The van der Waals surface area contributed by atoms with E-state index >= 15 is 0 Å². The predicted molar refractivity (Wildman–Crippen MR) is 133 cm³/mol. The Labute approximate surface area is 207 Å². The van der Waals surface area contributed by atoms with E-state index in [9.17, 15) is 10.0 Å². The van der Waals surface area contributed by atoms with E-state index in [1.165, 1.54) is 24.5 Å². The Bertz CT molecular complexity index is 978. The van der Waals surface area contributed by atoms with Gasteiger partial charge in [0.1, 0.15) is 0 Å². The molecule has 1 unspecified atom stereocenters. The Hall–Kier alpha value is -2.86. The molecule has 1 aliphatic heterocycles. The second-order valence-corrected chi connectivity index (χ2v) is 10.2. The van der Waals surface area contributed by atoms with Crippen LogP contribution in [0.4, 0.5) is 0 Å². The highest BCUT2D eigenvalue weighted by atomic mass is 16.9. The summed E-state index contributed by atoms with van der Waals surface area (Å²) in [7, 11) is 0. The molecule has 2 saturated carbocycles. The molecule has 2 aromatic rings. The lowest BCUT2D eigenvalue weighted by atomic mass is 9.71. The third kappa shape index (κ3) is 4.81. The van der Waals surface area contributed by atoms with E-state index in [1.54, 1.807) is 6.21 Å². The number of nitrogens with zero attached hydrogens (tertiary/aromatic N) is 1. The van der Waals surface area contributed by atoms with E-state index in [4.69, 9.17) is 14.3 Å². The molecule has 0 saturated heterocycles. The fourth-order valence-electron chi connectivity index (χ4n) is 6.56. The second-order valence-electron chi connectivity index (χ2n) is 10.2. The Morgan fingerprint density at radius 2 is 1.57 bits per heavy atom. The van der Waals surface area contributed by atoms with Crippen LogP contribution in [0.15, 0.2) is 60.7 Å². The van der Waals surface area contributed by atoms with E-state index in [1.807, 2.05) is 12.1 Å². The molecule has 2 aliphatic carbocycles. The average Bonchev–Trinajstić information content (AvgIpc) is 3.31. The normalized spacial score (nSPS) is 28.7. The van der Waals surface area contributed by atoms with Gasteiger partial charge < -0.3 is 14.3 Å². The summed E-state index contributed by atoms with van der Waals surface area (Å²) in [6, 6.07) is 20.9. The standard InChI is InChI=1S/C29H35NO5/c1-21(31)33-27-25(22-12-5-2-6-13-22)20-30(32)35-28(27)34-26-18-11-19-29(26,23-14-7-3-8-15-23)24-16-9-4-10-17-24/h3-4,7-10,14-17,20,22,25-28H,2,5-6,11-13,18-19H2,1H3/t25-,26?,27+,28-/m0/s1. The first kappa shape index (κ1) is 23.9. The van der Waals surface area contributed by atoms with Gasteiger partial charge in [-0.25, -0.2) is 0 Å². The molecular weight excluding hydrogens is 442 g/mol. The van der Waals surface area contributed by atoms with Gasteiger partial charge in [-0.3, -0.25) is 10.0 Å². The second kappa shape index (κ2) is 10.4. The van der Waals surface area contributed by atoms with Crippen molar-refractivity contribution in [3.8, 4) is 0 Å². The number of hydrogen-bond donors (Lipinski definition) is 0. The van der Waals surface area contributed by atoms with Gasteiger partial charge in [-0.1, -0.05) is 79.9 Å². The summed E-state index contributed by atoms with van der Waals surface area (Å²) in [6.45, 7) is 1.41. The molecule has 186 valence electrons. The Kier molecular flexibility index (Phi) is 7.09. The fourth-order valence-corrected chi connectivity index (χ4v) is 6.56. The van der Waals surface area contributed by atoms with Crippen molar-refractivity contribution in [2.75, 3.05) is 0 Å². The van der Waals surface area contributed by atoms with Gasteiger partial charge in [0.25, 0.3) is 0 Å². The molecular formula is C29H35NO5. The molecule has 2 fully saturated rings. The van der Waals surface area contributed by atoms with Crippen LogP contribution < -0.4 is 0 Å². The van der Waals surface area contributed by atoms with Crippen LogP contribution in [0.25, 0.3) is 0 Å². The van der Waals surface area contributed by atoms with Crippen LogP contribution in [0, 0.1) is 17.0 Å². The highest BCUT2D eigenvalue weighted by molar-refractivity contribution is 5.67. The summed E-state index contributed by atoms with van der Waals surface area (Å²) in [6.07, 6.45) is 7.94. The van der Waals surface area contributed by atoms with Gasteiger partial charge in [0, 0.05) is 17.2 Å². The van der Waals surface area contributed by atoms with Crippen molar-refractivity contribution < 1.29 is 24.0 Å². The van der Waals surface area contributed by atoms with Crippen LogP contribution in [0.1, 0.15) is 69.4 Å². The number of carbonyl (C=O) groups is 1. The molecule has 0 spiro atoms. The van der Waals surface area contributed by atoms with Crippen molar-refractivity contribution in [3.05, 3.63) is 77.0 Å². The molecule has 0 radical (unpaired) electrons. The third-order valence-electron chi connectivity index (χ3n) is 8.11. The predicted octanol–water partition coefficient (Wildman–Crippen LogP) is 5.52. The van der Waals surface area contributed by atoms with E-state index in [-0.39, 0.29) is 29.3 Å². The number of esters is 1. The zero-order valence-electron chi connectivity index (χ0n) is 20.4. The number of hydrogen-bond acceptors (Lipinski definition) is 5. The third-order valence-corrected chi connectivity index (χ3v) is 8.11. The molecule has 4 atom stereocenters. The first-order chi connectivity index (χ1) is 17.1. The lowest BCUT2D eigenvalue weighted by Gasteiger charge is -2.43. The maximum absolute atomic E-state index is 12.7. The first-order valence-corrected chi connectivity index (χ1v) is 13.0. The van der Waals surface area contributed by atoms with Crippen LogP contribution >= 0.6 is 0 Å². The summed E-state index contributed by atoms with van der Waals surface area (Å²) < 4.78 is 12.5. The number of benzene rings is 2. The van der Waals surface area contributed by atoms with Crippen LogP contribution in [0.3, 0.4) is 0 Å². The first-order valence-electron chi connectivity index (χ1n) is 13.0. The molecule has 6 nitrogen and oxygen atoms in total. The quantitative estimate of drug-likeness (QED) is 0.405. The zero-order valence-corrected chi connectivity index (χ0v) is 20.4. The molecule has 1 heterocycles. The van der Waals surface area contributed by atoms with Gasteiger partial charge in [-0.2, -0.15) is 0 Å². The van der Waals surface area contributed by atoms with Crippen LogP contribution in [0.2, 0.25) is 0 Å². The molecule has 3 aliphatic rings. The molecule has 0 N–H and O–H groups in total. The Balaban J connectivity index is 1.50. The summed E-state index contributed by atoms with van der Waals surface area (Å²) in [5.74, 6) is -0.333. The fraction of sp³-hybridized carbons (Fsp3) is 0.517. The Morgan fingerprint density at radius 1 is 0.943 bits per heavy atom. The highest BCUT2D eigenvalue weighted by Crippen LogP contribution is 2.49. The van der Waals surface area contributed by atoms with Crippen molar-refractivity contribution in [2.24, 2.45) is 11.8 Å². The minimum atomic E-state index is -0.955. The minimum Gasteiger partial charge on any atom is -0.458 e. The van der Waals surface area contributed by atoms with Crippen LogP contribution in [-0.2, 0) is 24.5 Å². The topological polar surface area (TPSA) is 70.8 Å². The number of rotatable bonds is 6. The summed E-state index contributed by atoms with van der Waals surface area (Å²) in [4.78, 5) is 18.3. The molecule has 2 aromatic carbocycles. The summed E-state index contributed by atoms with van der Waals surface area (Å²) in [5.41, 5.74) is 1.99.